The van der Waals surface area contributed by atoms with Crippen LogP contribution in [0.4, 0.5) is 5.69 Å². The quantitative estimate of drug-likeness (QED) is 0.576. The molecule has 0 radical (unpaired) electrons. The number of pyridine rings is 1. The first kappa shape index (κ1) is 22.5. The lowest BCUT2D eigenvalue weighted by atomic mass is 10.1. The highest BCUT2D eigenvalue weighted by Crippen LogP contribution is 2.18. The normalized spacial score (nSPS) is 15.1. The average Bonchev–Trinajstić information content (AvgIpc) is 2.87. The van der Waals surface area contributed by atoms with Crippen LogP contribution in [0, 0.1) is 0 Å². The summed E-state index contributed by atoms with van der Waals surface area (Å²) in [5.74, 6) is -1.27. The minimum absolute atomic E-state index is 0.239. The number of benzene rings is 2. The molecule has 1 unspecified atom stereocenters. The number of carboxylic acids is 1. The molecule has 1 aliphatic heterocycles. The Morgan fingerprint density at radius 1 is 0.879 bits per heavy atom. The van der Waals surface area contributed by atoms with E-state index in [1.165, 1.54) is 4.90 Å². The van der Waals surface area contributed by atoms with Crippen molar-refractivity contribution in [1.82, 2.24) is 14.8 Å². The van der Waals surface area contributed by atoms with E-state index < -0.39 is 12.0 Å². The zero-order valence-electron chi connectivity index (χ0n) is 18.5. The Balaban J connectivity index is 1.51. The zero-order chi connectivity index (χ0) is 23.0. The summed E-state index contributed by atoms with van der Waals surface area (Å²) in [4.78, 5) is 35.8. The highest BCUT2D eigenvalue weighted by atomic mass is 16.4. The van der Waals surface area contributed by atoms with Gasteiger partial charge in [0.2, 0.25) is 0 Å². The first-order valence-electron chi connectivity index (χ1n) is 11.1. The van der Waals surface area contributed by atoms with Crippen molar-refractivity contribution in [2.45, 2.75) is 12.6 Å². The molecule has 1 aliphatic rings. The predicted molar refractivity (Wildman–Crippen MR) is 127 cm³/mol. The Morgan fingerprint density at radius 2 is 1.48 bits per heavy atom. The number of nitrogens with zero attached hydrogens (tertiary/aromatic N) is 4. The largest absolute Gasteiger partial charge is 0.480 e. The number of carbonyl (C=O) groups is 2. The van der Waals surface area contributed by atoms with E-state index in [0.29, 0.717) is 5.56 Å². The van der Waals surface area contributed by atoms with Crippen LogP contribution in [0.25, 0.3) is 0 Å². The molecule has 7 heteroatoms. The molecule has 0 spiro atoms. The second-order valence-corrected chi connectivity index (χ2v) is 8.13. The molecular formula is C26H28N4O3. The molecule has 0 aliphatic carbocycles. The van der Waals surface area contributed by atoms with E-state index in [9.17, 15) is 14.7 Å². The van der Waals surface area contributed by atoms with E-state index in [1.807, 2.05) is 48.5 Å². The fourth-order valence-corrected chi connectivity index (χ4v) is 4.15. The van der Waals surface area contributed by atoms with Gasteiger partial charge in [-0.25, -0.2) is 4.79 Å². The number of hydrogen-bond acceptors (Lipinski definition) is 5. The van der Waals surface area contributed by atoms with Gasteiger partial charge in [0.25, 0.3) is 5.91 Å². The Kier molecular flexibility index (Phi) is 7.32. The van der Waals surface area contributed by atoms with Crippen molar-refractivity contribution in [3.8, 4) is 0 Å². The van der Waals surface area contributed by atoms with Crippen LogP contribution in [-0.4, -0.2) is 70.5 Å². The maximum atomic E-state index is 13.4. The van der Waals surface area contributed by atoms with Crippen LogP contribution in [-0.2, 0) is 11.3 Å². The molecule has 1 atom stereocenters. The molecule has 1 amide bonds. The highest BCUT2D eigenvalue weighted by Gasteiger charge is 2.33. The zero-order valence-corrected chi connectivity index (χ0v) is 18.5. The fraction of sp³-hybridized carbons (Fsp3) is 0.269. The first-order valence-corrected chi connectivity index (χ1v) is 11.1. The number of piperazine rings is 1. The molecule has 4 rings (SSSR count). The summed E-state index contributed by atoms with van der Waals surface area (Å²) in [5.41, 5.74) is 2.50. The van der Waals surface area contributed by atoms with Gasteiger partial charge in [0.1, 0.15) is 6.04 Å². The second kappa shape index (κ2) is 10.7. The van der Waals surface area contributed by atoms with Gasteiger partial charge in [-0.3, -0.25) is 14.7 Å². The SMILES string of the molecule is O=C(O)C(CN1CCN(c2ccncc2)CC1)N(Cc1ccccc1)C(=O)c1ccccc1. The molecule has 0 bridgehead atoms. The minimum Gasteiger partial charge on any atom is -0.480 e. The lowest BCUT2D eigenvalue weighted by Crippen LogP contribution is -2.55. The van der Waals surface area contributed by atoms with Gasteiger partial charge in [0, 0.05) is 62.9 Å². The number of aliphatic carboxylic acids is 1. The molecule has 33 heavy (non-hydrogen) atoms. The summed E-state index contributed by atoms with van der Waals surface area (Å²) in [6.45, 7) is 3.56. The van der Waals surface area contributed by atoms with E-state index >= 15 is 0 Å². The molecule has 2 heterocycles. The van der Waals surface area contributed by atoms with Crippen molar-refractivity contribution in [3.63, 3.8) is 0 Å². The van der Waals surface area contributed by atoms with Gasteiger partial charge >= 0.3 is 5.97 Å². The Morgan fingerprint density at radius 3 is 2.09 bits per heavy atom. The van der Waals surface area contributed by atoms with Gasteiger partial charge in [-0.1, -0.05) is 48.5 Å². The maximum absolute atomic E-state index is 13.4. The van der Waals surface area contributed by atoms with Crippen LogP contribution < -0.4 is 4.90 Å². The summed E-state index contributed by atoms with van der Waals surface area (Å²) in [6, 6.07) is 21.4. The summed E-state index contributed by atoms with van der Waals surface area (Å²) >= 11 is 0. The van der Waals surface area contributed by atoms with Crippen molar-refractivity contribution in [3.05, 3.63) is 96.3 Å². The van der Waals surface area contributed by atoms with E-state index in [1.54, 1.807) is 36.7 Å². The highest BCUT2D eigenvalue weighted by molar-refractivity contribution is 5.96. The monoisotopic (exact) mass is 444 g/mol. The third-order valence-electron chi connectivity index (χ3n) is 5.97. The molecule has 1 fully saturated rings. The standard InChI is InChI=1S/C26H28N4O3/c31-25(22-9-5-2-6-10-22)30(19-21-7-3-1-4-8-21)24(26(32)33)20-28-15-17-29(18-16-28)23-11-13-27-14-12-23/h1-14,24H,15-20H2,(H,32,33). The molecule has 7 nitrogen and oxygen atoms in total. The van der Waals surface area contributed by atoms with Crippen molar-refractivity contribution in [1.29, 1.82) is 0 Å². The first-order chi connectivity index (χ1) is 16.1. The number of hydrogen-bond donors (Lipinski definition) is 1. The Labute approximate surface area is 193 Å². The molecule has 3 aromatic rings. The third kappa shape index (κ3) is 5.75. The summed E-state index contributed by atoms with van der Waals surface area (Å²) < 4.78 is 0. The van der Waals surface area contributed by atoms with Crippen LogP contribution in [0.2, 0.25) is 0 Å². The molecule has 2 aromatic carbocycles. The number of carboxylic acid groups (broad SMARTS) is 1. The van der Waals surface area contributed by atoms with Crippen molar-refractivity contribution >= 4 is 17.6 Å². The van der Waals surface area contributed by atoms with E-state index in [2.05, 4.69) is 14.8 Å². The predicted octanol–water partition coefficient (Wildman–Crippen LogP) is 3.00. The minimum atomic E-state index is -0.994. The number of amides is 1. The summed E-state index contributed by atoms with van der Waals surface area (Å²) in [5, 5.41) is 10.1. The number of carbonyl (C=O) groups excluding carboxylic acids is 1. The molecule has 1 aromatic heterocycles. The van der Waals surface area contributed by atoms with Crippen LogP contribution in [0.15, 0.2) is 85.2 Å². The molecule has 1 saturated heterocycles. The smallest absolute Gasteiger partial charge is 0.327 e. The van der Waals surface area contributed by atoms with Crippen LogP contribution in [0.5, 0.6) is 0 Å². The molecular weight excluding hydrogens is 416 g/mol. The van der Waals surface area contributed by atoms with E-state index in [0.717, 1.165) is 37.4 Å². The third-order valence-corrected chi connectivity index (χ3v) is 5.97. The topological polar surface area (TPSA) is 77.0 Å². The van der Waals surface area contributed by atoms with Crippen LogP contribution in [0.1, 0.15) is 15.9 Å². The van der Waals surface area contributed by atoms with Gasteiger partial charge < -0.3 is 14.9 Å². The van der Waals surface area contributed by atoms with Crippen molar-refractivity contribution in [2.24, 2.45) is 0 Å². The van der Waals surface area contributed by atoms with Gasteiger partial charge in [0.05, 0.1) is 0 Å². The lowest BCUT2D eigenvalue weighted by molar-refractivity contribution is -0.143. The van der Waals surface area contributed by atoms with Crippen molar-refractivity contribution < 1.29 is 14.7 Å². The number of aromatic nitrogens is 1. The molecule has 1 N–H and O–H groups in total. The van der Waals surface area contributed by atoms with Gasteiger partial charge in [-0.15, -0.1) is 0 Å². The van der Waals surface area contributed by atoms with Crippen molar-refractivity contribution in [2.75, 3.05) is 37.6 Å². The summed E-state index contributed by atoms with van der Waals surface area (Å²) in [6.07, 6.45) is 3.55. The van der Waals surface area contributed by atoms with E-state index in [-0.39, 0.29) is 19.0 Å². The fourth-order valence-electron chi connectivity index (χ4n) is 4.15. The van der Waals surface area contributed by atoms with Gasteiger partial charge in [-0.05, 0) is 29.8 Å². The van der Waals surface area contributed by atoms with Gasteiger partial charge in [0.15, 0.2) is 0 Å². The molecule has 170 valence electrons. The lowest BCUT2D eigenvalue weighted by Gasteiger charge is -2.39. The number of rotatable bonds is 8. The average molecular weight is 445 g/mol. The van der Waals surface area contributed by atoms with Crippen LogP contribution >= 0.6 is 0 Å². The molecule has 0 saturated carbocycles. The second-order valence-electron chi connectivity index (χ2n) is 8.13. The van der Waals surface area contributed by atoms with Crippen LogP contribution in [0.3, 0.4) is 0 Å². The summed E-state index contributed by atoms with van der Waals surface area (Å²) in [7, 11) is 0. The Bertz CT molecular complexity index is 1040. The van der Waals surface area contributed by atoms with Gasteiger partial charge in [-0.2, -0.15) is 0 Å². The number of anilines is 1. The van der Waals surface area contributed by atoms with E-state index in [4.69, 9.17) is 0 Å². The maximum Gasteiger partial charge on any atom is 0.327 e. The Hall–Kier alpha value is -3.71.